The van der Waals surface area contributed by atoms with E-state index >= 15 is 0 Å². The van der Waals surface area contributed by atoms with E-state index in [1.54, 1.807) is 18.2 Å². The highest BCUT2D eigenvalue weighted by Gasteiger charge is 2.31. The number of sulfone groups is 2. The van der Waals surface area contributed by atoms with E-state index in [1.165, 1.54) is 72.8 Å². The molecule has 0 unspecified atom stereocenters. The highest BCUT2D eigenvalue weighted by atomic mass is 32.2. The van der Waals surface area contributed by atoms with Gasteiger partial charge < -0.3 is 5.11 Å². The number of aromatic hydroxyl groups is 1. The molecule has 0 fully saturated rings. The number of rotatable bonds is 7. The van der Waals surface area contributed by atoms with Crippen molar-refractivity contribution < 1.29 is 30.4 Å². The zero-order valence-electron chi connectivity index (χ0n) is 17.9. The molecule has 180 valence electrons. The van der Waals surface area contributed by atoms with Gasteiger partial charge in [-0.05, 0) is 48.5 Å². The molecule has 0 amide bonds. The summed E-state index contributed by atoms with van der Waals surface area (Å²) in [6.07, 6.45) is 0. The minimum absolute atomic E-state index is 0.118. The standard InChI is InChI=1S/C24H19NO7S3/c26-24-22(33(27,28)19-10-4-1-5-11-19)16-18(25-35(31,32)21-14-8-3-9-15-21)17-23(24)34(29,30)20-12-6-2-7-13-20/h1-17,25-26H. The third-order valence-corrected chi connectivity index (χ3v) is 9.99. The number of nitrogens with one attached hydrogen (secondary N) is 1. The van der Waals surface area contributed by atoms with Gasteiger partial charge in [0.1, 0.15) is 9.79 Å². The third-order valence-electron chi connectivity index (χ3n) is 5.03. The number of hydrogen-bond donors (Lipinski definition) is 2. The molecule has 11 heteroatoms. The first-order chi connectivity index (χ1) is 16.5. The summed E-state index contributed by atoms with van der Waals surface area (Å²) in [5, 5.41) is 10.9. The first kappa shape index (κ1) is 24.5. The molecule has 0 bridgehead atoms. The average molecular weight is 530 g/mol. The molecular weight excluding hydrogens is 510 g/mol. The van der Waals surface area contributed by atoms with Crippen LogP contribution in [0.25, 0.3) is 0 Å². The van der Waals surface area contributed by atoms with Crippen molar-refractivity contribution in [2.75, 3.05) is 4.72 Å². The molecule has 4 aromatic carbocycles. The van der Waals surface area contributed by atoms with Crippen molar-refractivity contribution in [3.05, 3.63) is 103 Å². The summed E-state index contributed by atoms with van der Waals surface area (Å²) in [4.78, 5) is -2.05. The molecule has 35 heavy (non-hydrogen) atoms. The molecule has 0 aromatic heterocycles. The van der Waals surface area contributed by atoms with Gasteiger partial charge in [-0.1, -0.05) is 54.6 Å². The van der Waals surface area contributed by atoms with Crippen LogP contribution < -0.4 is 4.72 Å². The minimum Gasteiger partial charge on any atom is -0.505 e. The molecule has 0 heterocycles. The quantitative estimate of drug-likeness (QED) is 0.347. The summed E-state index contributed by atoms with van der Waals surface area (Å²) < 4.78 is 81.3. The highest BCUT2D eigenvalue weighted by Crippen LogP contribution is 2.39. The van der Waals surface area contributed by atoms with Crippen LogP contribution in [0.1, 0.15) is 0 Å². The molecule has 0 saturated carbocycles. The molecule has 0 saturated heterocycles. The Hall–Kier alpha value is -3.67. The summed E-state index contributed by atoms with van der Waals surface area (Å²) in [7, 11) is -13.1. The van der Waals surface area contributed by atoms with Crippen LogP contribution in [0.5, 0.6) is 5.75 Å². The lowest BCUT2D eigenvalue weighted by Gasteiger charge is -2.15. The van der Waals surface area contributed by atoms with Crippen molar-refractivity contribution in [3.63, 3.8) is 0 Å². The van der Waals surface area contributed by atoms with Gasteiger partial charge in [0.25, 0.3) is 10.0 Å². The number of phenolic OH excluding ortho intramolecular Hbond substituents is 1. The minimum atomic E-state index is -4.43. The maximum absolute atomic E-state index is 13.3. The lowest BCUT2D eigenvalue weighted by molar-refractivity contribution is 0.442. The highest BCUT2D eigenvalue weighted by molar-refractivity contribution is 7.93. The second-order valence-corrected chi connectivity index (χ2v) is 12.9. The maximum atomic E-state index is 13.3. The third kappa shape index (κ3) is 4.78. The largest absolute Gasteiger partial charge is 0.505 e. The number of phenols is 1. The molecule has 0 radical (unpaired) electrons. The smallest absolute Gasteiger partial charge is 0.261 e. The Morgan fingerprint density at radius 3 is 1.23 bits per heavy atom. The topological polar surface area (TPSA) is 135 Å². The Balaban J connectivity index is 1.96. The average Bonchev–Trinajstić information content (AvgIpc) is 2.86. The molecule has 4 aromatic rings. The maximum Gasteiger partial charge on any atom is 0.261 e. The van der Waals surface area contributed by atoms with E-state index in [9.17, 15) is 30.4 Å². The normalized spacial score (nSPS) is 12.2. The second-order valence-electron chi connectivity index (χ2n) is 7.37. The van der Waals surface area contributed by atoms with E-state index in [0.29, 0.717) is 0 Å². The fraction of sp³-hybridized carbons (Fsp3) is 0. The van der Waals surface area contributed by atoms with Crippen LogP contribution in [-0.2, 0) is 29.7 Å². The van der Waals surface area contributed by atoms with Gasteiger partial charge in [0.2, 0.25) is 19.7 Å². The molecule has 0 aliphatic heterocycles. The van der Waals surface area contributed by atoms with E-state index in [0.717, 1.165) is 12.1 Å². The van der Waals surface area contributed by atoms with Gasteiger partial charge in [0.05, 0.1) is 20.4 Å². The van der Waals surface area contributed by atoms with Crippen LogP contribution in [0.15, 0.2) is 128 Å². The van der Waals surface area contributed by atoms with Gasteiger partial charge >= 0.3 is 0 Å². The van der Waals surface area contributed by atoms with E-state index in [1.807, 2.05) is 0 Å². The molecule has 0 aliphatic rings. The SMILES string of the molecule is O=S(=O)(Nc1cc(S(=O)(=O)c2ccccc2)c(O)c(S(=O)(=O)c2ccccc2)c1)c1ccccc1. The van der Waals surface area contributed by atoms with E-state index < -0.39 is 45.2 Å². The fourth-order valence-corrected chi connectivity index (χ4v) is 7.28. The molecule has 8 nitrogen and oxygen atoms in total. The summed E-state index contributed by atoms with van der Waals surface area (Å²) in [5.74, 6) is -1.01. The van der Waals surface area contributed by atoms with E-state index in [-0.39, 0.29) is 20.4 Å². The van der Waals surface area contributed by atoms with Crippen molar-refractivity contribution >= 4 is 35.4 Å². The van der Waals surface area contributed by atoms with Gasteiger partial charge in [-0.15, -0.1) is 0 Å². The lowest BCUT2D eigenvalue weighted by atomic mass is 10.3. The number of benzene rings is 4. The Kier molecular flexibility index (Phi) is 6.41. The Bertz CT molecular complexity index is 1600. The molecule has 2 N–H and O–H groups in total. The zero-order valence-corrected chi connectivity index (χ0v) is 20.4. The molecule has 0 atom stereocenters. The van der Waals surface area contributed by atoms with Crippen LogP contribution in [0.4, 0.5) is 5.69 Å². The number of hydrogen-bond acceptors (Lipinski definition) is 7. The Morgan fingerprint density at radius 2 is 0.857 bits per heavy atom. The van der Waals surface area contributed by atoms with Crippen LogP contribution in [0.3, 0.4) is 0 Å². The Morgan fingerprint density at radius 1 is 0.514 bits per heavy atom. The number of sulfonamides is 1. The number of anilines is 1. The van der Waals surface area contributed by atoms with Gasteiger partial charge in [-0.3, -0.25) is 4.72 Å². The fourth-order valence-electron chi connectivity index (χ4n) is 3.32. The lowest BCUT2D eigenvalue weighted by Crippen LogP contribution is -2.15. The molecular formula is C24H19NO7S3. The van der Waals surface area contributed by atoms with Gasteiger partial charge in [-0.2, -0.15) is 0 Å². The Labute approximate surface area is 203 Å². The molecule has 4 rings (SSSR count). The zero-order chi connectivity index (χ0) is 25.3. The predicted octanol–water partition coefficient (Wildman–Crippen LogP) is 3.86. The van der Waals surface area contributed by atoms with Crippen molar-refractivity contribution in [1.29, 1.82) is 0 Å². The summed E-state index contributed by atoms with van der Waals surface area (Å²) in [5.41, 5.74) is -0.351. The van der Waals surface area contributed by atoms with Crippen molar-refractivity contribution in [3.8, 4) is 5.75 Å². The van der Waals surface area contributed by atoms with Crippen molar-refractivity contribution in [1.82, 2.24) is 0 Å². The summed E-state index contributed by atoms with van der Waals surface area (Å²) in [6.45, 7) is 0. The molecule has 0 aliphatic carbocycles. The van der Waals surface area contributed by atoms with E-state index in [2.05, 4.69) is 4.72 Å². The first-order valence-corrected chi connectivity index (χ1v) is 14.5. The van der Waals surface area contributed by atoms with Crippen LogP contribution in [-0.4, -0.2) is 30.4 Å². The van der Waals surface area contributed by atoms with E-state index in [4.69, 9.17) is 0 Å². The molecule has 0 spiro atoms. The van der Waals surface area contributed by atoms with Gasteiger partial charge in [-0.25, -0.2) is 25.3 Å². The van der Waals surface area contributed by atoms with Crippen LogP contribution >= 0.6 is 0 Å². The van der Waals surface area contributed by atoms with Gasteiger partial charge in [0, 0.05) is 0 Å². The first-order valence-electron chi connectivity index (χ1n) is 10.1. The monoisotopic (exact) mass is 529 g/mol. The van der Waals surface area contributed by atoms with Crippen molar-refractivity contribution in [2.24, 2.45) is 0 Å². The van der Waals surface area contributed by atoms with Crippen LogP contribution in [0, 0.1) is 0 Å². The van der Waals surface area contributed by atoms with Crippen molar-refractivity contribution in [2.45, 2.75) is 24.5 Å². The van der Waals surface area contributed by atoms with Gasteiger partial charge in [0.15, 0.2) is 5.75 Å². The second kappa shape index (κ2) is 9.17. The van der Waals surface area contributed by atoms with Crippen LogP contribution in [0.2, 0.25) is 0 Å². The summed E-state index contributed by atoms with van der Waals surface area (Å²) >= 11 is 0. The summed E-state index contributed by atoms with van der Waals surface area (Å²) in [6, 6.07) is 23.2. The predicted molar refractivity (Wildman–Crippen MR) is 129 cm³/mol.